The zero-order valence-electron chi connectivity index (χ0n) is 11.1. The number of sulfonamides is 1. The summed E-state index contributed by atoms with van der Waals surface area (Å²) in [5.41, 5.74) is 0. The van der Waals surface area contributed by atoms with Gasteiger partial charge in [0.15, 0.2) is 0 Å². The molecule has 6 heteroatoms. The molecule has 0 unspecified atom stereocenters. The van der Waals surface area contributed by atoms with E-state index < -0.39 is 10.0 Å². The van der Waals surface area contributed by atoms with E-state index in [0.717, 1.165) is 19.6 Å². The summed E-state index contributed by atoms with van der Waals surface area (Å²) in [6.45, 7) is 7.84. The molecule has 0 aromatic rings. The molecule has 0 spiro atoms. The van der Waals surface area contributed by atoms with E-state index in [1.54, 1.807) is 4.31 Å². The van der Waals surface area contributed by atoms with Gasteiger partial charge in [0.05, 0.1) is 5.75 Å². The quantitative estimate of drug-likeness (QED) is 0.683. The molecule has 17 heavy (non-hydrogen) atoms. The first-order valence-corrected chi connectivity index (χ1v) is 7.92. The second-order valence-corrected chi connectivity index (χ2v) is 7.07. The van der Waals surface area contributed by atoms with Gasteiger partial charge in [-0.3, -0.25) is 0 Å². The van der Waals surface area contributed by atoms with Crippen molar-refractivity contribution >= 4 is 10.0 Å². The first-order chi connectivity index (χ1) is 7.92. The summed E-state index contributed by atoms with van der Waals surface area (Å²) < 4.78 is 25.7. The minimum Gasteiger partial charge on any atom is -0.314 e. The lowest BCUT2D eigenvalue weighted by Crippen LogP contribution is -2.47. The maximum absolute atomic E-state index is 12.0. The van der Waals surface area contributed by atoms with Crippen molar-refractivity contribution in [3.8, 4) is 0 Å². The predicted molar refractivity (Wildman–Crippen MR) is 70.6 cm³/mol. The van der Waals surface area contributed by atoms with E-state index in [1.807, 2.05) is 7.05 Å². The number of hydrogen-bond donors (Lipinski definition) is 1. The Morgan fingerprint density at radius 3 is 2.29 bits per heavy atom. The zero-order chi connectivity index (χ0) is 12.9. The molecular formula is C11H25N3O2S. The van der Waals surface area contributed by atoms with Gasteiger partial charge in [0.2, 0.25) is 10.0 Å². The van der Waals surface area contributed by atoms with Crippen LogP contribution in [0.4, 0.5) is 0 Å². The van der Waals surface area contributed by atoms with Crippen LogP contribution >= 0.6 is 0 Å². The molecule has 0 amide bonds. The molecule has 1 heterocycles. The Bertz CT molecular complexity index is 309. The smallest absolute Gasteiger partial charge is 0.214 e. The van der Waals surface area contributed by atoms with Crippen molar-refractivity contribution in [3.05, 3.63) is 0 Å². The van der Waals surface area contributed by atoms with Gasteiger partial charge in [0, 0.05) is 32.2 Å². The lowest BCUT2D eigenvalue weighted by Gasteiger charge is -2.31. The SMILES string of the molecule is CC(C)NCCCS(=O)(=O)N1CCN(C)CC1. The topological polar surface area (TPSA) is 52.7 Å². The summed E-state index contributed by atoms with van der Waals surface area (Å²) in [7, 11) is -1.01. The number of hydrogen-bond acceptors (Lipinski definition) is 4. The highest BCUT2D eigenvalue weighted by Gasteiger charge is 2.24. The van der Waals surface area contributed by atoms with Crippen LogP contribution in [0.25, 0.3) is 0 Å². The van der Waals surface area contributed by atoms with E-state index in [2.05, 4.69) is 24.1 Å². The number of piperazine rings is 1. The Hall–Kier alpha value is -0.170. The van der Waals surface area contributed by atoms with E-state index in [9.17, 15) is 8.42 Å². The summed E-state index contributed by atoms with van der Waals surface area (Å²) in [5.74, 6) is 0.260. The third-order valence-corrected chi connectivity index (χ3v) is 4.94. The van der Waals surface area contributed by atoms with Crippen LogP contribution in [0.15, 0.2) is 0 Å². The van der Waals surface area contributed by atoms with Gasteiger partial charge in [0.1, 0.15) is 0 Å². The maximum atomic E-state index is 12.0. The van der Waals surface area contributed by atoms with Crippen LogP contribution < -0.4 is 5.32 Å². The van der Waals surface area contributed by atoms with Crippen LogP contribution in [0, 0.1) is 0 Å². The summed E-state index contributed by atoms with van der Waals surface area (Å²) >= 11 is 0. The molecule has 5 nitrogen and oxygen atoms in total. The first kappa shape index (κ1) is 14.9. The van der Waals surface area contributed by atoms with Crippen molar-refractivity contribution in [2.75, 3.05) is 45.5 Å². The van der Waals surface area contributed by atoms with E-state index in [-0.39, 0.29) is 5.75 Å². The highest BCUT2D eigenvalue weighted by atomic mass is 32.2. The highest BCUT2D eigenvalue weighted by Crippen LogP contribution is 2.07. The second-order valence-electron chi connectivity index (χ2n) is 4.98. The lowest BCUT2D eigenvalue weighted by atomic mass is 10.4. The van der Waals surface area contributed by atoms with Gasteiger partial charge in [-0.25, -0.2) is 8.42 Å². The number of rotatable bonds is 6. The molecule has 1 rings (SSSR count). The van der Waals surface area contributed by atoms with Gasteiger partial charge in [-0.1, -0.05) is 13.8 Å². The summed E-state index contributed by atoms with van der Waals surface area (Å²) in [6.07, 6.45) is 0.687. The first-order valence-electron chi connectivity index (χ1n) is 6.31. The Labute approximate surface area is 105 Å². The largest absolute Gasteiger partial charge is 0.314 e. The minimum atomic E-state index is -3.04. The molecule has 102 valence electrons. The number of likely N-dealkylation sites (N-methyl/N-ethyl adjacent to an activating group) is 1. The van der Waals surface area contributed by atoms with Crippen molar-refractivity contribution in [2.45, 2.75) is 26.3 Å². The molecule has 0 aliphatic carbocycles. The van der Waals surface area contributed by atoms with Crippen molar-refractivity contribution in [1.82, 2.24) is 14.5 Å². The van der Waals surface area contributed by atoms with Gasteiger partial charge < -0.3 is 10.2 Å². The molecule has 0 aromatic heterocycles. The van der Waals surface area contributed by atoms with Crippen molar-refractivity contribution in [1.29, 1.82) is 0 Å². The molecular weight excluding hydrogens is 238 g/mol. The van der Waals surface area contributed by atoms with Crippen LogP contribution in [0.2, 0.25) is 0 Å². The van der Waals surface area contributed by atoms with E-state index in [0.29, 0.717) is 25.6 Å². The van der Waals surface area contributed by atoms with Crippen LogP contribution in [-0.2, 0) is 10.0 Å². The fraction of sp³-hybridized carbons (Fsp3) is 1.00. The van der Waals surface area contributed by atoms with Gasteiger partial charge >= 0.3 is 0 Å². The molecule has 1 fully saturated rings. The lowest BCUT2D eigenvalue weighted by molar-refractivity contribution is 0.222. The van der Waals surface area contributed by atoms with Crippen molar-refractivity contribution in [3.63, 3.8) is 0 Å². The normalized spacial score (nSPS) is 20.0. The van der Waals surface area contributed by atoms with Crippen LogP contribution in [0.1, 0.15) is 20.3 Å². The summed E-state index contributed by atoms with van der Waals surface area (Å²) in [4.78, 5) is 2.16. The maximum Gasteiger partial charge on any atom is 0.214 e. The number of nitrogens with one attached hydrogen (secondary N) is 1. The molecule has 0 radical (unpaired) electrons. The van der Waals surface area contributed by atoms with Crippen LogP contribution in [-0.4, -0.2) is 69.2 Å². The minimum absolute atomic E-state index is 0.260. The monoisotopic (exact) mass is 263 g/mol. The Morgan fingerprint density at radius 2 is 1.76 bits per heavy atom. The fourth-order valence-corrected chi connectivity index (χ4v) is 3.33. The fourth-order valence-electron chi connectivity index (χ4n) is 1.84. The van der Waals surface area contributed by atoms with E-state index in [4.69, 9.17) is 0 Å². The third kappa shape index (κ3) is 5.33. The van der Waals surface area contributed by atoms with Crippen molar-refractivity contribution in [2.24, 2.45) is 0 Å². The highest BCUT2D eigenvalue weighted by molar-refractivity contribution is 7.89. The van der Waals surface area contributed by atoms with E-state index in [1.165, 1.54) is 0 Å². The second kappa shape index (κ2) is 6.68. The standard InChI is InChI=1S/C11H25N3O2S/c1-11(2)12-5-4-10-17(15,16)14-8-6-13(3)7-9-14/h11-12H,4-10H2,1-3H3. The molecule has 0 aromatic carbocycles. The van der Waals surface area contributed by atoms with Gasteiger partial charge in [-0.2, -0.15) is 4.31 Å². The van der Waals surface area contributed by atoms with Gasteiger partial charge in [0.25, 0.3) is 0 Å². The Balaban J connectivity index is 2.30. The zero-order valence-corrected chi connectivity index (χ0v) is 12.0. The molecule has 1 saturated heterocycles. The predicted octanol–water partition coefficient (Wildman–Crippen LogP) is -0.0483. The Kier molecular flexibility index (Phi) is 5.85. The average molecular weight is 263 g/mol. The molecule has 1 aliphatic rings. The Morgan fingerprint density at radius 1 is 1.18 bits per heavy atom. The summed E-state index contributed by atoms with van der Waals surface area (Å²) in [5, 5.41) is 3.24. The molecule has 0 saturated carbocycles. The van der Waals surface area contributed by atoms with Crippen molar-refractivity contribution < 1.29 is 8.42 Å². The molecule has 0 bridgehead atoms. The van der Waals surface area contributed by atoms with Crippen LogP contribution in [0.3, 0.4) is 0 Å². The van der Waals surface area contributed by atoms with Crippen LogP contribution in [0.5, 0.6) is 0 Å². The average Bonchev–Trinajstić information content (AvgIpc) is 2.25. The number of nitrogens with zero attached hydrogens (tertiary/aromatic N) is 2. The third-order valence-electron chi connectivity index (χ3n) is 2.99. The molecule has 0 atom stereocenters. The van der Waals surface area contributed by atoms with E-state index >= 15 is 0 Å². The molecule has 1 aliphatic heterocycles. The van der Waals surface area contributed by atoms with Gasteiger partial charge in [-0.15, -0.1) is 0 Å². The molecule has 1 N–H and O–H groups in total. The summed E-state index contributed by atoms with van der Waals surface area (Å²) in [6, 6.07) is 0.418. The van der Waals surface area contributed by atoms with Gasteiger partial charge in [-0.05, 0) is 20.0 Å².